The van der Waals surface area contributed by atoms with Gasteiger partial charge >= 0.3 is 5.97 Å². The number of rotatable bonds is 16. The number of carboxylic acids is 1. The highest BCUT2D eigenvalue weighted by Gasteiger charge is 2.24. The number of nitrogens with zero attached hydrogens (tertiary/aromatic N) is 1. The average Bonchev–Trinajstić information content (AvgIpc) is 3.07. The van der Waals surface area contributed by atoms with Crippen molar-refractivity contribution in [2.24, 2.45) is 0 Å². The molecule has 0 unspecified atom stereocenters. The summed E-state index contributed by atoms with van der Waals surface area (Å²) in [6.07, 6.45) is 2.24. The third-order valence-corrected chi connectivity index (χ3v) is 9.20. The Kier molecular flexibility index (Phi) is 13.0. The molecule has 4 aromatic rings. The molecule has 0 radical (unpaired) electrons. The van der Waals surface area contributed by atoms with Crippen LogP contribution in [0.2, 0.25) is 0 Å². The largest absolute Gasteiger partial charge is 0.480 e. The monoisotopic (exact) mass is 665 g/mol. The highest BCUT2D eigenvalue weighted by atomic mass is 32.2. The molecule has 8 heteroatoms. The molecule has 0 aromatic heterocycles. The smallest absolute Gasteiger partial charge is 0.326 e. The van der Waals surface area contributed by atoms with Crippen LogP contribution in [-0.2, 0) is 28.1 Å². The molecule has 4 aromatic carbocycles. The van der Waals surface area contributed by atoms with Crippen molar-refractivity contribution in [3.05, 3.63) is 130 Å². The molecule has 2 amide bonds. The van der Waals surface area contributed by atoms with E-state index in [9.17, 15) is 19.5 Å². The minimum atomic E-state index is -1.05. The van der Waals surface area contributed by atoms with Crippen LogP contribution < -0.4 is 10.6 Å². The molecule has 0 fully saturated rings. The van der Waals surface area contributed by atoms with Crippen molar-refractivity contribution >= 4 is 29.5 Å². The Morgan fingerprint density at radius 2 is 1.48 bits per heavy atom. The molecule has 0 saturated carbocycles. The molecule has 0 aliphatic rings. The molecule has 0 aliphatic carbocycles. The van der Waals surface area contributed by atoms with Gasteiger partial charge in [0.05, 0.1) is 6.54 Å². The Balaban J connectivity index is 1.61. The maximum absolute atomic E-state index is 13.6. The van der Waals surface area contributed by atoms with Crippen molar-refractivity contribution in [2.75, 3.05) is 25.1 Å². The number of hydrogen-bond acceptors (Lipinski definition) is 5. The Labute approximate surface area is 289 Å². The number of carbonyl (C=O) groups is 3. The number of carboxylic acid groups (broad SMARTS) is 1. The van der Waals surface area contributed by atoms with Gasteiger partial charge in [0.15, 0.2) is 0 Å². The van der Waals surface area contributed by atoms with Crippen LogP contribution in [0.5, 0.6) is 0 Å². The average molecular weight is 666 g/mol. The van der Waals surface area contributed by atoms with Gasteiger partial charge in [0, 0.05) is 30.6 Å². The predicted molar refractivity (Wildman–Crippen MR) is 196 cm³/mol. The van der Waals surface area contributed by atoms with Crippen LogP contribution in [0.3, 0.4) is 0 Å². The zero-order valence-corrected chi connectivity index (χ0v) is 29.4. The van der Waals surface area contributed by atoms with E-state index in [1.165, 1.54) is 5.56 Å². The van der Waals surface area contributed by atoms with Crippen LogP contribution in [0.25, 0.3) is 11.1 Å². The predicted octanol–water partition coefficient (Wildman–Crippen LogP) is 7.00. The zero-order valence-electron chi connectivity index (χ0n) is 28.6. The van der Waals surface area contributed by atoms with Gasteiger partial charge in [0.2, 0.25) is 5.91 Å². The van der Waals surface area contributed by atoms with Crippen LogP contribution in [0.4, 0.5) is 0 Å². The van der Waals surface area contributed by atoms with Crippen molar-refractivity contribution in [2.45, 2.75) is 58.7 Å². The van der Waals surface area contributed by atoms with E-state index in [-0.39, 0.29) is 17.9 Å². The van der Waals surface area contributed by atoms with Crippen molar-refractivity contribution in [3.8, 4) is 11.1 Å². The Bertz CT molecular complexity index is 1690. The summed E-state index contributed by atoms with van der Waals surface area (Å²) < 4.78 is 0. The lowest BCUT2D eigenvalue weighted by molar-refractivity contribution is -0.139. The van der Waals surface area contributed by atoms with Crippen LogP contribution in [0.1, 0.15) is 58.4 Å². The Morgan fingerprint density at radius 1 is 0.833 bits per heavy atom. The second-order valence-electron chi connectivity index (χ2n) is 13.0. The number of aliphatic carboxylic acids is 1. The molecule has 4 rings (SSSR count). The van der Waals surface area contributed by atoms with Gasteiger partial charge < -0.3 is 15.7 Å². The summed E-state index contributed by atoms with van der Waals surface area (Å²) in [5, 5.41) is 15.7. The fourth-order valence-electron chi connectivity index (χ4n) is 5.66. The maximum Gasteiger partial charge on any atom is 0.326 e. The summed E-state index contributed by atoms with van der Waals surface area (Å²) in [6.45, 7) is 10.0. The van der Waals surface area contributed by atoms with Crippen LogP contribution >= 0.6 is 11.8 Å². The van der Waals surface area contributed by atoms with Gasteiger partial charge in [-0.15, -0.1) is 0 Å². The van der Waals surface area contributed by atoms with E-state index >= 15 is 0 Å². The molecule has 0 aliphatic heterocycles. The van der Waals surface area contributed by atoms with E-state index in [1.54, 1.807) is 17.8 Å². The number of benzene rings is 4. The number of carbonyl (C=O) groups excluding carboxylic acids is 2. The lowest BCUT2D eigenvalue weighted by atomic mass is 9.84. The molecule has 1 atom stereocenters. The second-order valence-corrected chi connectivity index (χ2v) is 14.0. The molecular weight excluding hydrogens is 619 g/mol. The van der Waals surface area contributed by atoms with Gasteiger partial charge in [-0.25, -0.2) is 4.79 Å². The summed E-state index contributed by atoms with van der Waals surface area (Å²) in [7, 11) is 0. The number of thioether (sulfide) groups is 1. The summed E-state index contributed by atoms with van der Waals surface area (Å²) in [5.41, 5.74) is 7.16. The minimum Gasteiger partial charge on any atom is -0.480 e. The molecule has 48 heavy (non-hydrogen) atoms. The maximum atomic E-state index is 13.6. The number of amides is 2. The molecule has 0 heterocycles. The minimum absolute atomic E-state index is 0.0637. The summed E-state index contributed by atoms with van der Waals surface area (Å²) >= 11 is 1.54. The van der Waals surface area contributed by atoms with Crippen molar-refractivity contribution in [1.82, 2.24) is 15.5 Å². The first-order valence-corrected chi connectivity index (χ1v) is 17.7. The molecule has 7 nitrogen and oxygen atoms in total. The Morgan fingerprint density at radius 3 is 2.15 bits per heavy atom. The third-order valence-electron chi connectivity index (χ3n) is 8.56. The SMILES string of the molecule is CSCC[C@H](NC(=O)c1ccc(CN(CC(=O)NCC(C)(C)c2ccccc2)Cc2ccc(C)cc2)cc1-c1ccccc1C)C(=O)O. The topological polar surface area (TPSA) is 98.7 Å². The first kappa shape index (κ1) is 36.4. The molecule has 0 bridgehead atoms. The van der Waals surface area contributed by atoms with Gasteiger partial charge in [0.1, 0.15) is 6.04 Å². The van der Waals surface area contributed by atoms with E-state index in [1.807, 2.05) is 67.8 Å². The summed E-state index contributed by atoms with van der Waals surface area (Å²) in [5.74, 6) is -0.922. The summed E-state index contributed by atoms with van der Waals surface area (Å²) in [4.78, 5) is 41.0. The quantitative estimate of drug-likeness (QED) is 0.119. The van der Waals surface area contributed by atoms with Crippen molar-refractivity contribution in [1.29, 1.82) is 0 Å². The summed E-state index contributed by atoms with van der Waals surface area (Å²) in [6, 6.07) is 31.0. The lowest BCUT2D eigenvalue weighted by Gasteiger charge is -2.27. The van der Waals surface area contributed by atoms with E-state index < -0.39 is 17.9 Å². The van der Waals surface area contributed by atoms with Gasteiger partial charge in [-0.05, 0) is 77.8 Å². The molecule has 3 N–H and O–H groups in total. The molecule has 0 saturated heterocycles. The fourth-order valence-corrected chi connectivity index (χ4v) is 6.13. The highest BCUT2D eigenvalue weighted by molar-refractivity contribution is 7.98. The van der Waals surface area contributed by atoms with Gasteiger partial charge in [-0.1, -0.05) is 104 Å². The van der Waals surface area contributed by atoms with Crippen molar-refractivity contribution < 1.29 is 19.5 Å². The van der Waals surface area contributed by atoms with E-state index in [4.69, 9.17) is 0 Å². The standard InChI is InChI=1S/C40H47N3O4S/c1-28-15-17-30(18-16-28)24-43(26-37(44)41-27-40(3,4)32-12-7-6-8-13-32)25-31-19-20-34(35(23-31)33-14-10-9-11-29(33)2)38(45)42-36(39(46)47)21-22-48-5/h6-20,23,36H,21-22,24-27H2,1-5H3,(H,41,44)(H,42,45)(H,46,47)/t36-/m0/s1. The fraction of sp³-hybridized carbons (Fsp3) is 0.325. The van der Waals surface area contributed by atoms with Crippen molar-refractivity contribution in [3.63, 3.8) is 0 Å². The number of hydrogen-bond donors (Lipinski definition) is 3. The van der Waals surface area contributed by atoms with E-state index in [2.05, 4.69) is 72.7 Å². The molecular formula is C40H47N3O4S. The third kappa shape index (κ3) is 10.3. The van der Waals surface area contributed by atoms with Crippen LogP contribution in [0.15, 0.2) is 97.1 Å². The second kappa shape index (κ2) is 17.1. The van der Waals surface area contributed by atoms with Crippen LogP contribution in [0, 0.1) is 13.8 Å². The van der Waals surface area contributed by atoms with Gasteiger partial charge in [0.25, 0.3) is 5.91 Å². The normalized spacial score (nSPS) is 12.0. The molecule has 252 valence electrons. The number of aryl methyl sites for hydroxylation is 2. The van der Waals surface area contributed by atoms with Gasteiger partial charge in [-0.3, -0.25) is 14.5 Å². The van der Waals surface area contributed by atoms with Crippen LogP contribution in [-0.4, -0.2) is 58.9 Å². The van der Waals surface area contributed by atoms with E-state index in [0.717, 1.165) is 33.4 Å². The number of nitrogens with one attached hydrogen (secondary N) is 2. The lowest BCUT2D eigenvalue weighted by Crippen LogP contribution is -2.42. The first-order chi connectivity index (χ1) is 23.0. The first-order valence-electron chi connectivity index (χ1n) is 16.3. The van der Waals surface area contributed by atoms with Gasteiger partial charge in [-0.2, -0.15) is 11.8 Å². The molecule has 0 spiro atoms. The Hall–Kier alpha value is -4.40. The van der Waals surface area contributed by atoms with E-state index in [0.29, 0.717) is 37.4 Å². The highest BCUT2D eigenvalue weighted by Crippen LogP contribution is 2.29. The zero-order chi connectivity index (χ0) is 34.7.